The number of nitrogens with one attached hydrogen (secondary N) is 1. The van der Waals surface area contributed by atoms with Gasteiger partial charge in [-0.05, 0) is 49.5 Å². The molecular formula is C20H28N2O4. The summed E-state index contributed by atoms with van der Waals surface area (Å²) in [5, 5.41) is 13.4. The highest BCUT2D eigenvalue weighted by Gasteiger charge is 2.11. The third-order valence-electron chi connectivity index (χ3n) is 3.95. The van der Waals surface area contributed by atoms with E-state index in [4.69, 9.17) is 14.2 Å². The second-order valence-electron chi connectivity index (χ2n) is 6.19. The van der Waals surface area contributed by atoms with Gasteiger partial charge in [0.15, 0.2) is 11.5 Å². The number of rotatable bonds is 10. The predicted molar refractivity (Wildman–Crippen MR) is 102 cm³/mol. The molecule has 0 radical (unpaired) electrons. The number of hydrogen-bond donors (Lipinski definition) is 2. The van der Waals surface area contributed by atoms with Crippen LogP contribution in [0.25, 0.3) is 0 Å². The maximum Gasteiger partial charge on any atom is 0.161 e. The lowest BCUT2D eigenvalue weighted by Gasteiger charge is -2.16. The van der Waals surface area contributed by atoms with E-state index in [1.54, 1.807) is 32.4 Å². The predicted octanol–water partition coefficient (Wildman–Crippen LogP) is 2.42. The molecule has 2 N–H and O–H groups in total. The van der Waals surface area contributed by atoms with Crippen molar-refractivity contribution in [3.05, 3.63) is 53.6 Å². The first-order chi connectivity index (χ1) is 12.5. The van der Waals surface area contributed by atoms with Crippen molar-refractivity contribution in [1.29, 1.82) is 0 Å². The third-order valence-corrected chi connectivity index (χ3v) is 3.95. The van der Waals surface area contributed by atoms with Crippen molar-refractivity contribution in [1.82, 2.24) is 10.2 Å². The van der Waals surface area contributed by atoms with Gasteiger partial charge in [0.1, 0.15) is 18.6 Å². The molecule has 2 aromatic rings. The normalized spacial score (nSPS) is 12.1. The molecule has 0 spiro atoms. The Morgan fingerprint density at radius 3 is 2.31 bits per heavy atom. The summed E-state index contributed by atoms with van der Waals surface area (Å²) in [5.41, 5.74) is 1.77. The molecule has 0 fully saturated rings. The smallest absolute Gasteiger partial charge is 0.161 e. The SMILES string of the molecule is COc1ccc(C(O)NCc2ccc(OCCN(C)C)cc2)cc1OC. The van der Waals surface area contributed by atoms with E-state index in [0.717, 1.165) is 17.9 Å². The average Bonchev–Trinajstić information content (AvgIpc) is 2.66. The van der Waals surface area contributed by atoms with Crippen LogP contribution in [-0.2, 0) is 6.54 Å². The average molecular weight is 360 g/mol. The van der Waals surface area contributed by atoms with E-state index in [-0.39, 0.29) is 0 Å². The van der Waals surface area contributed by atoms with Gasteiger partial charge in [-0.3, -0.25) is 5.32 Å². The number of likely N-dealkylation sites (N-methyl/N-ethyl adjacent to an activating group) is 1. The molecule has 1 atom stereocenters. The van der Waals surface area contributed by atoms with Crippen LogP contribution in [0.15, 0.2) is 42.5 Å². The summed E-state index contributed by atoms with van der Waals surface area (Å²) in [6.07, 6.45) is -0.800. The Morgan fingerprint density at radius 1 is 1.00 bits per heavy atom. The number of aliphatic hydroxyl groups is 1. The monoisotopic (exact) mass is 360 g/mol. The van der Waals surface area contributed by atoms with Crippen LogP contribution in [0.3, 0.4) is 0 Å². The molecule has 6 heteroatoms. The van der Waals surface area contributed by atoms with Crippen molar-refractivity contribution in [3.63, 3.8) is 0 Å². The fraction of sp³-hybridized carbons (Fsp3) is 0.400. The highest BCUT2D eigenvalue weighted by atomic mass is 16.5. The Labute approximate surface area is 155 Å². The van der Waals surface area contributed by atoms with Crippen molar-refractivity contribution in [3.8, 4) is 17.2 Å². The van der Waals surface area contributed by atoms with Crippen LogP contribution in [0.4, 0.5) is 0 Å². The van der Waals surface area contributed by atoms with Crippen LogP contribution in [0.2, 0.25) is 0 Å². The molecule has 0 amide bonds. The van der Waals surface area contributed by atoms with Crippen molar-refractivity contribution in [2.24, 2.45) is 0 Å². The first-order valence-corrected chi connectivity index (χ1v) is 8.53. The van der Waals surface area contributed by atoms with Crippen molar-refractivity contribution in [2.45, 2.75) is 12.8 Å². The third kappa shape index (κ3) is 5.91. The second-order valence-corrected chi connectivity index (χ2v) is 6.19. The Kier molecular flexibility index (Phi) is 7.72. The van der Waals surface area contributed by atoms with Gasteiger partial charge in [0.25, 0.3) is 0 Å². The summed E-state index contributed by atoms with van der Waals surface area (Å²) in [6, 6.07) is 13.2. The summed E-state index contributed by atoms with van der Waals surface area (Å²) in [4.78, 5) is 2.08. The van der Waals surface area contributed by atoms with E-state index in [1.165, 1.54) is 0 Å². The fourth-order valence-corrected chi connectivity index (χ4v) is 2.40. The molecule has 0 aliphatic heterocycles. The Hall–Kier alpha value is -2.28. The minimum Gasteiger partial charge on any atom is -0.493 e. The summed E-state index contributed by atoms with van der Waals surface area (Å²) in [5.74, 6) is 2.06. The second kappa shape index (κ2) is 10.0. The zero-order chi connectivity index (χ0) is 18.9. The zero-order valence-electron chi connectivity index (χ0n) is 15.9. The van der Waals surface area contributed by atoms with Crippen LogP contribution >= 0.6 is 0 Å². The van der Waals surface area contributed by atoms with Crippen molar-refractivity contribution in [2.75, 3.05) is 41.5 Å². The lowest BCUT2D eigenvalue weighted by molar-refractivity contribution is 0.136. The number of methoxy groups -OCH3 is 2. The van der Waals surface area contributed by atoms with Crippen LogP contribution < -0.4 is 19.5 Å². The molecule has 0 heterocycles. The molecule has 0 saturated carbocycles. The zero-order valence-corrected chi connectivity index (χ0v) is 15.9. The van der Waals surface area contributed by atoms with Gasteiger partial charge in [0.2, 0.25) is 0 Å². The summed E-state index contributed by atoms with van der Waals surface area (Å²) >= 11 is 0. The molecular weight excluding hydrogens is 332 g/mol. The van der Waals surface area contributed by atoms with E-state index < -0.39 is 6.23 Å². The minimum atomic E-state index is -0.800. The number of hydrogen-bond acceptors (Lipinski definition) is 6. The number of nitrogens with zero attached hydrogens (tertiary/aromatic N) is 1. The number of benzene rings is 2. The summed E-state index contributed by atoms with van der Waals surface area (Å²) in [6.45, 7) is 2.07. The topological polar surface area (TPSA) is 63.2 Å². The Balaban J connectivity index is 1.88. The molecule has 1 unspecified atom stereocenters. The van der Waals surface area contributed by atoms with Gasteiger partial charge in [-0.25, -0.2) is 0 Å². The molecule has 0 aliphatic rings. The van der Waals surface area contributed by atoms with Gasteiger partial charge in [0.05, 0.1) is 14.2 Å². The Morgan fingerprint density at radius 2 is 1.69 bits per heavy atom. The van der Waals surface area contributed by atoms with E-state index in [0.29, 0.717) is 30.2 Å². The first kappa shape index (κ1) is 20.0. The molecule has 2 rings (SSSR count). The van der Waals surface area contributed by atoms with Crippen LogP contribution in [0, 0.1) is 0 Å². The molecule has 0 bridgehead atoms. The van der Waals surface area contributed by atoms with E-state index in [1.807, 2.05) is 38.4 Å². The minimum absolute atomic E-state index is 0.535. The number of aliphatic hydroxyl groups excluding tert-OH is 1. The van der Waals surface area contributed by atoms with Crippen LogP contribution in [-0.4, -0.2) is 51.5 Å². The van der Waals surface area contributed by atoms with Gasteiger partial charge in [-0.2, -0.15) is 0 Å². The summed E-state index contributed by atoms with van der Waals surface area (Å²) in [7, 11) is 7.19. The lowest BCUT2D eigenvalue weighted by atomic mass is 10.1. The van der Waals surface area contributed by atoms with Crippen LogP contribution in [0.1, 0.15) is 17.4 Å². The maximum absolute atomic E-state index is 10.4. The molecule has 6 nitrogen and oxygen atoms in total. The molecule has 0 aromatic heterocycles. The van der Waals surface area contributed by atoms with Gasteiger partial charge in [-0.15, -0.1) is 0 Å². The molecule has 26 heavy (non-hydrogen) atoms. The molecule has 0 aliphatic carbocycles. The highest BCUT2D eigenvalue weighted by molar-refractivity contribution is 5.43. The van der Waals surface area contributed by atoms with E-state index >= 15 is 0 Å². The summed E-state index contributed by atoms with van der Waals surface area (Å²) < 4.78 is 16.2. The maximum atomic E-state index is 10.4. The Bertz CT molecular complexity index is 674. The van der Waals surface area contributed by atoms with E-state index in [2.05, 4.69) is 10.2 Å². The fourth-order valence-electron chi connectivity index (χ4n) is 2.40. The number of ether oxygens (including phenoxy) is 3. The van der Waals surface area contributed by atoms with Gasteiger partial charge in [-0.1, -0.05) is 18.2 Å². The van der Waals surface area contributed by atoms with E-state index in [9.17, 15) is 5.11 Å². The van der Waals surface area contributed by atoms with Gasteiger partial charge >= 0.3 is 0 Å². The van der Waals surface area contributed by atoms with Gasteiger partial charge < -0.3 is 24.2 Å². The van der Waals surface area contributed by atoms with Crippen LogP contribution in [0.5, 0.6) is 17.2 Å². The quantitative estimate of drug-likeness (QED) is 0.635. The molecule has 0 saturated heterocycles. The van der Waals surface area contributed by atoms with Crippen molar-refractivity contribution < 1.29 is 19.3 Å². The first-order valence-electron chi connectivity index (χ1n) is 8.53. The lowest BCUT2D eigenvalue weighted by Crippen LogP contribution is -2.20. The highest BCUT2D eigenvalue weighted by Crippen LogP contribution is 2.29. The molecule has 2 aromatic carbocycles. The van der Waals surface area contributed by atoms with Gasteiger partial charge in [0, 0.05) is 13.1 Å². The molecule has 142 valence electrons. The standard InChI is InChI=1S/C20H28N2O4/c1-22(2)11-12-26-17-8-5-15(6-9-17)14-21-20(23)16-7-10-18(24-3)19(13-16)25-4/h5-10,13,20-21,23H,11-12,14H2,1-4H3. The van der Waals surface area contributed by atoms with Crippen molar-refractivity contribution >= 4 is 0 Å². The largest absolute Gasteiger partial charge is 0.493 e.